The molecule has 0 atom stereocenters. The van der Waals surface area contributed by atoms with E-state index in [9.17, 15) is 0 Å². The third-order valence-electron chi connectivity index (χ3n) is 5.30. The Morgan fingerprint density at radius 3 is 2.35 bits per heavy atom. The molecule has 0 radical (unpaired) electrons. The quantitative estimate of drug-likeness (QED) is 0.305. The standard InChI is InChI=1S/C26H27N5/c1-4-31(5-2)22-14-12-20(13-15-22)18-27-30-26-28-24-16-11-19(3)17-23(24)25(29-26)21-9-7-6-8-10-21/h6-18H,4-5H2,1-3H3,(H,28,29,30). The van der Waals surface area contributed by atoms with E-state index >= 15 is 0 Å². The van der Waals surface area contributed by atoms with Crippen molar-refractivity contribution in [3.05, 3.63) is 83.9 Å². The Hall–Kier alpha value is -3.73. The molecule has 31 heavy (non-hydrogen) atoms. The second-order valence-corrected chi connectivity index (χ2v) is 7.42. The van der Waals surface area contributed by atoms with Crippen molar-refractivity contribution in [2.45, 2.75) is 20.8 Å². The number of hydrazone groups is 1. The van der Waals surface area contributed by atoms with Crippen molar-refractivity contribution in [1.82, 2.24) is 9.97 Å². The molecule has 0 amide bonds. The van der Waals surface area contributed by atoms with Gasteiger partial charge in [-0.25, -0.2) is 15.4 Å². The maximum Gasteiger partial charge on any atom is 0.244 e. The van der Waals surface area contributed by atoms with Crippen LogP contribution in [-0.2, 0) is 0 Å². The Balaban J connectivity index is 1.59. The Kier molecular flexibility index (Phi) is 6.22. The molecule has 1 N–H and O–H groups in total. The second kappa shape index (κ2) is 9.39. The molecule has 4 aromatic rings. The number of hydrogen-bond donors (Lipinski definition) is 1. The summed E-state index contributed by atoms with van der Waals surface area (Å²) in [5.74, 6) is 0.478. The van der Waals surface area contributed by atoms with Crippen LogP contribution in [0.4, 0.5) is 11.6 Å². The van der Waals surface area contributed by atoms with Crippen LogP contribution in [0.5, 0.6) is 0 Å². The Bertz CT molecular complexity index is 1180. The highest BCUT2D eigenvalue weighted by Crippen LogP contribution is 2.28. The predicted molar refractivity (Wildman–Crippen MR) is 131 cm³/mol. The van der Waals surface area contributed by atoms with Crippen LogP contribution in [0.3, 0.4) is 0 Å². The van der Waals surface area contributed by atoms with Gasteiger partial charge >= 0.3 is 0 Å². The van der Waals surface area contributed by atoms with Gasteiger partial charge < -0.3 is 4.90 Å². The Morgan fingerprint density at radius 1 is 0.903 bits per heavy atom. The molecule has 0 unspecified atom stereocenters. The lowest BCUT2D eigenvalue weighted by molar-refractivity contribution is 0.866. The SMILES string of the molecule is CCN(CC)c1ccc(C=NNc2nc(-c3ccccc3)c3cc(C)ccc3n2)cc1. The third kappa shape index (κ3) is 4.72. The topological polar surface area (TPSA) is 53.4 Å². The highest BCUT2D eigenvalue weighted by molar-refractivity contribution is 5.93. The lowest BCUT2D eigenvalue weighted by atomic mass is 10.0. The molecule has 0 saturated heterocycles. The Morgan fingerprint density at radius 2 is 1.65 bits per heavy atom. The van der Waals surface area contributed by atoms with Gasteiger partial charge in [0.15, 0.2) is 0 Å². The molecular weight excluding hydrogens is 382 g/mol. The minimum atomic E-state index is 0.478. The second-order valence-electron chi connectivity index (χ2n) is 7.42. The molecule has 5 nitrogen and oxygen atoms in total. The van der Waals surface area contributed by atoms with E-state index in [1.54, 1.807) is 6.21 Å². The molecule has 0 fully saturated rings. The van der Waals surface area contributed by atoms with Crippen LogP contribution in [-0.4, -0.2) is 29.3 Å². The third-order valence-corrected chi connectivity index (χ3v) is 5.30. The zero-order valence-corrected chi connectivity index (χ0v) is 18.2. The molecule has 0 aliphatic heterocycles. The summed E-state index contributed by atoms with van der Waals surface area (Å²) in [5, 5.41) is 5.41. The summed E-state index contributed by atoms with van der Waals surface area (Å²) in [5.41, 5.74) is 9.27. The van der Waals surface area contributed by atoms with Gasteiger partial charge in [0, 0.05) is 29.7 Å². The van der Waals surface area contributed by atoms with Crippen molar-refractivity contribution in [1.29, 1.82) is 0 Å². The molecule has 0 spiro atoms. The van der Waals surface area contributed by atoms with Crippen molar-refractivity contribution in [2.24, 2.45) is 5.10 Å². The lowest BCUT2D eigenvalue weighted by Crippen LogP contribution is -2.21. The number of hydrogen-bond acceptors (Lipinski definition) is 5. The number of aromatic nitrogens is 2. The minimum Gasteiger partial charge on any atom is -0.372 e. The van der Waals surface area contributed by atoms with Crippen molar-refractivity contribution in [2.75, 3.05) is 23.4 Å². The van der Waals surface area contributed by atoms with Crippen molar-refractivity contribution in [3.8, 4) is 11.3 Å². The van der Waals surface area contributed by atoms with E-state index in [0.717, 1.165) is 40.8 Å². The van der Waals surface area contributed by atoms with Gasteiger partial charge in [-0.2, -0.15) is 5.10 Å². The molecule has 0 aliphatic rings. The highest BCUT2D eigenvalue weighted by Gasteiger charge is 2.10. The fourth-order valence-electron chi connectivity index (χ4n) is 3.63. The van der Waals surface area contributed by atoms with Gasteiger partial charge in [0.25, 0.3) is 0 Å². The Labute approximate surface area is 183 Å². The minimum absolute atomic E-state index is 0.478. The van der Waals surface area contributed by atoms with E-state index in [0.29, 0.717) is 5.95 Å². The largest absolute Gasteiger partial charge is 0.372 e. The van der Waals surface area contributed by atoms with Crippen LogP contribution in [0.25, 0.3) is 22.2 Å². The first-order valence-electron chi connectivity index (χ1n) is 10.7. The zero-order valence-electron chi connectivity index (χ0n) is 18.2. The van der Waals surface area contributed by atoms with Crippen LogP contribution >= 0.6 is 0 Å². The summed E-state index contributed by atoms with van der Waals surface area (Å²) >= 11 is 0. The molecule has 156 valence electrons. The van der Waals surface area contributed by atoms with Gasteiger partial charge in [-0.15, -0.1) is 0 Å². The van der Waals surface area contributed by atoms with E-state index in [1.165, 1.54) is 11.3 Å². The van der Waals surface area contributed by atoms with Gasteiger partial charge in [-0.05, 0) is 50.6 Å². The molecule has 5 heteroatoms. The zero-order chi connectivity index (χ0) is 21.6. The summed E-state index contributed by atoms with van der Waals surface area (Å²) < 4.78 is 0. The number of nitrogens with one attached hydrogen (secondary N) is 1. The molecule has 1 heterocycles. The maximum atomic E-state index is 4.76. The van der Waals surface area contributed by atoms with Crippen LogP contribution in [0.1, 0.15) is 25.0 Å². The van der Waals surface area contributed by atoms with Crippen molar-refractivity contribution in [3.63, 3.8) is 0 Å². The van der Waals surface area contributed by atoms with Crippen molar-refractivity contribution < 1.29 is 0 Å². The van der Waals surface area contributed by atoms with Crippen LogP contribution in [0.15, 0.2) is 77.9 Å². The van der Waals surface area contributed by atoms with Crippen LogP contribution in [0.2, 0.25) is 0 Å². The average molecular weight is 410 g/mol. The fourth-order valence-corrected chi connectivity index (χ4v) is 3.63. The van der Waals surface area contributed by atoms with Gasteiger partial charge in [0.05, 0.1) is 17.4 Å². The fraction of sp³-hybridized carbons (Fsp3) is 0.192. The van der Waals surface area contributed by atoms with Crippen LogP contribution in [0, 0.1) is 6.92 Å². The van der Waals surface area contributed by atoms with Gasteiger partial charge in [-0.1, -0.05) is 54.1 Å². The van der Waals surface area contributed by atoms with E-state index in [-0.39, 0.29) is 0 Å². The van der Waals surface area contributed by atoms with E-state index in [4.69, 9.17) is 4.98 Å². The molecule has 0 saturated carbocycles. The summed E-state index contributed by atoms with van der Waals surface area (Å²) in [7, 11) is 0. The normalized spacial score (nSPS) is 11.2. The number of benzene rings is 3. The number of aryl methyl sites for hydroxylation is 1. The summed E-state index contributed by atoms with van der Waals surface area (Å²) in [6.45, 7) is 8.40. The monoisotopic (exact) mass is 409 g/mol. The first-order chi connectivity index (χ1) is 15.2. The van der Waals surface area contributed by atoms with E-state index in [1.807, 2.05) is 24.3 Å². The smallest absolute Gasteiger partial charge is 0.244 e. The molecule has 4 rings (SSSR count). The van der Waals surface area contributed by atoms with E-state index in [2.05, 4.69) is 89.7 Å². The number of rotatable bonds is 7. The summed E-state index contributed by atoms with van der Waals surface area (Å²) in [4.78, 5) is 11.7. The molecule has 0 bridgehead atoms. The van der Waals surface area contributed by atoms with Gasteiger partial charge in [0.1, 0.15) is 0 Å². The number of nitrogens with zero attached hydrogens (tertiary/aromatic N) is 4. The first-order valence-corrected chi connectivity index (χ1v) is 10.7. The van der Waals surface area contributed by atoms with Crippen LogP contribution < -0.4 is 10.3 Å². The summed E-state index contributed by atoms with van der Waals surface area (Å²) in [6, 6.07) is 24.8. The van der Waals surface area contributed by atoms with Gasteiger partial charge in [-0.3, -0.25) is 0 Å². The average Bonchev–Trinajstić information content (AvgIpc) is 2.81. The van der Waals surface area contributed by atoms with Crippen molar-refractivity contribution >= 4 is 28.8 Å². The lowest BCUT2D eigenvalue weighted by Gasteiger charge is -2.20. The first kappa shape index (κ1) is 20.5. The summed E-state index contributed by atoms with van der Waals surface area (Å²) in [6.07, 6.45) is 1.79. The molecule has 3 aromatic carbocycles. The highest BCUT2D eigenvalue weighted by atomic mass is 15.3. The van der Waals surface area contributed by atoms with Gasteiger partial charge in [0.2, 0.25) is 5.95 Å². The number of fused-ring (bicyclic) bond motifs is 1. The number of anilines is 2. The molecule has 1 aromatic heterocycles. The predicted octanol–water partition coefficient (Wildman–Crippen LogP) is 5.90. The van der Waals surface area contributed by atoms with E-state index < -0.39 is 0 Å². The molecular formula is C26H27N5. The maximum absolute atomic E-state index is 4.76. The molecule has 0 aliphatic carbocycles.